The highest BCUT2D eigenvalue weighted by atomic mass is 79.9. The van der Waals surface area contributed by atoms with Gasteiger partial charge >= 0.3 is 7.12 Å². The number of sulfonamides is 2. The molecule has 6 atom stereocenters. The van der Waals surface area contributed by atoms with Gasteiger partial charge in [-0.05, 0) is 212 Å². The van der Waals surface area contributed by atoms with Crippen LogP contribution in [0.25, 0.3) is 0 Å². The van der Waals surface area contributed by atoms with Gasteiger partial charge in [0.2, 0.25) is 0 Å². The molecule has 640 valence electrons. The number of nitrogens with one attached hydrogen (secondary N) is 3. The number of carbonyl (C=O) groups is 1. The summed E-state index contributed by atoms with van der Waals surface area (Å²) >= 11 is 7.09. The number of sulfone groups is 1. The first kappa shape index (κ1) is 93.5. The third-order valence-electron chi connectivity index (χ3n) is 21.7. The fourth-order valence-electron chi connectivity index (χ4n) is 15.1. The van der Waals surface area contributed by atoms with Crippen molar-refractivity contribution in [3.8, 4) is 23.0 Å². The molecule has 0 amide bonds. The van der Waals surface area contributed by atoms with Gasteiger partial charge in [0.15, 0.2) is 20.1 Å². The summed E-state index contributed by atoms with van der Waals surface area (Å²) in [6.07, 6.45) is 23.7. The first-order chi connectivity index (χ1) is 55.4. The Morgan fingerprint density at radius 1 is 0.504 bits per heavy atom. The molecule has 0 aliphatic heterocycles. The number of carboxylic acid groups (broad SMARTS) is 1. The number of rotatable bonds is 29. The first-order valence-corrected chi connectivity index (χ1v) is 46.7. The molecule has 0 bridgehead atoms. The molecule has 14 rings (SSSR count). The number of anilines is 5. The quantitative estimate of drug-likeness (QED) is 0.0187. The molecule has 6 fully saturated rings. The molecule has 3 heterocycles. The number of ether oxygens (including phenoxy) is 4. The van der Waals surface area contributed by atoms with Gasteiger partial charge in [0.1, 0.15) is 65.9 Å². The Hall–Kier alpha value is -7.36. The molecule has 0 radical (unpaired) electrons. The molecule has 0 unspecified atom stereocenters. The van der Waals surface area contributed by atoms with Gasteiger partial charge in [-0.2, -0.15) is 0 Å². The van der Waals surface area contributed by atoms with Crippen molar-refractivity contribution in [1.82, 2.24) is 29.7 Å². The Morgan fingerprint density at radius 3 is 1.21 bits per heavy atom. The highest BCUT2D eigenvalue weighted by Crippen LogP contribution is 2.49. The van der Waals surface area contributed by atoms with Crippen LogP contribution in [0.4, 0.5) is 40.5 Å². The lowest BCUT2D eigenvalue weighted by Gasteiger charge is -2.37. The predicted octanol–water partition coefficient (Wildman–Crippen LogP) is 16.0. The van der Waals surface area contributed by atoms with Crippen LogP contribution in [0.1, 0.15) is 162 Å². The van der Waals surface area contributed by atoms with Gasteiger partial charge in [-0.3, -0.25) is 4.79 Å². The third kappa shape index (κ3) is 24.5. The van der Waals surface area contributed by atoms with Gasteiger partial charge in [0.25, 0.3) is 26.5 Å². The molecule has 6 N–H and O–H groups in total. The van der Waals surface area contributed by atoms with E-state index < -0.39 is 59.3 Å². The highest BCUT2D eigenvalue weighted by molar-refractivity contribution is 9.10. The van der Waals surface area contributed by atoms with E-state index in [1.54, 1.807) is 78.0 Å². The highest BCUT2D eigenvalue weighted by Gasteiger charge is 2.40. The molecule has 8 aromatic rings. The van der Waals surface area contributed by atoms with Crippen LogP contribution in [0.15, 0.2) is 127 Å². The summed E-state index contributed by atoms with van der Waals surface area (Å²) in [7, 11) is 5.04. The predicted molar refractivity (Wildman–Crippen MR) is 463 cm³/mol. The SMILES string of the molecule is C.CN(C)[C@H]1CCCC[C@@H]1Nc1cc(F)c(S(=O)(=O)Cc2nccs2)cc1C1CC1.COc1ccc(CN(c2nccs2)S(=O)(=O)c2cc(Br)c(N[C@H]3CCCC[C@@H]3N(C)C)cc2F)c(OC)c1.COc1ccc(CN(c2nccs2)S(=O)(=O)c2cc(C3CC3)c(N[C@H]3CCCC[C@@H]3N(C)C)cc2F)c(OC)c1.O=CO.OB(O)C1CC1. The number of methoxy groups -OCH3 is 4. The number of nitrogens with zero attached hydrogens (tertiary/aromatic N) is 8. The minimum atomic E-state index is -4.34. The zero-order chi connectivity index (χ0) is 83.8. The van der Waals surface area contributed by atoms with Gasteiger partial charge in [0, 0.05) is 110 Å². The van der Waals surface area contributed by atoms with Crippen LogP contribution in [0, 0.1) is 17.5 Å². The number of likely N-dealkylation sites (N-methyl/N-ethyl adjacent to an activating group) is 3. The first-order valence-electron chi connectivity index (χ1n) is 38.7. The summed E-state index contributed by atoms with van der Waals surface area (Å²) in [5.74, 6) is 0.275. The molecule has 0 spiro atoms. The zero-order valence-electron chi connectivity index (χ0n) is 67.0. The number of thiazole rings is 3. The third-order valence-corrected chi connectivity index (χ3v) is 30.2. The second-order valence-corrected chi connectivity index (χ2v) is 39.5. The normalized spacial score (nSPS) is 19.3. The Morgan fingerprint density at radius 2 is 0.872 bits per heavy atom. The van der Waals surface area contributed by atoms with Crippen molar-refractivity contribution >= 4 is 121 Å². The van der Waals surface area contributed by atoms with E-state index in [0.29, 0.717) is 79.0 Å². The van der Waals surface area contributed by atoms with Gasteiger partial charge in [-0.25, -0.2) is 62.0 Å². The van der Waals surface area contributed by atoms with E-state index in [2.05, 4.69) is 89.7 Å². The van der Waals surface area contributed by atoms with Crippen molar-refractivity contribution < 1.29 is 77.3 Å². The van der Waals surface area contributed by atoms with Crippen LogP contribution in [0.5, 0.6) is 23.0 Å². The molecule has 6 aliphatic rings. The number of halogens is 4. The largest absolute Gasteiger partial charge is 0.497 e. The smallest absolute Gasteiger partial charge is 0.454 e. The summed E-state index contributed by atoms with van der Waals surface area (Å²) in [5.41, 5.74) is 4.98. The second-order valence-electron chi connectivity index (χ2n) is 30.3. The standard InChI is InChI=1S/C29H37FN4O4S2.C26H32BrFN4O4S2.C21H28FN3O2S2.C3H7BO2.CH2O2.CH4/c1-33(2)26-8-6-5-7-24(26)32-25-17-23(30)28(16-22(25)19-9-10-19)40(35,36)34(29-31-13-14-39-29)18-20-11-12-21(37-3)15-27(20)38-4;1-31(2)23-8-6-5-7-21(23)30-22-15-20(28)25(14-19(22)27)38(33,34)32(26-29-11-12-37-26)16-17-9-10-18(35-3)13-24(17)36-4;1-25(2)19-6-4-3-5-17(19)24-18-12-16(22)20(11-15(18)14-7-8-14)29(26,27)13-21-23-9-10-28-21;5-4(6)3-1-2-3;2-1-3;/h11-17,19,24,26,32H,5-10,18H2,1-4H3;9-15,21,23,30H,5-8,16H2,1-4H3;9-12,14,17,19,24H,3-8,13H2,1-2H3;3,5-6H,1-2H2;1H,(H,2,3);1H4/t24-,26-;21-,23-;17-,19-;;;/m000.../s1. The van der Waals surface area contributed by atoms with E-state index in [0.717, 1.165) is 139 Å². The second kappa shape index (κ2) is 42.7. The van der Waals surface area contributed by atoms with Crippen LogP contribution in [0.2, 0.25) is 5.82 Å². The number of hydrogen-bond donors (Lipinski definition) is 6. The van der Waals surface area contributed by atoms with E-state index in [1.165, 1.54) is 93.5 Å². The molecule has 25 nitrogen and oxygen atoms in total. The number of hydrogen-bond acceptors (Lipinski definition) is 25. The fourth-order valence-corrected chi connectivity index (χ4v) is 22.7. The van der Waals surface area contributed by atoms with Crippen LogP contribution >= 0.6 is 49.9 Å². The number of benzene rings is 5. The van der Waals surface area contributed by atoms with Crippen molar-refractivity contribution in [2.75, 3.05) is 95.3 Å². The summed E-state index contributed by atoms with van der Waals surface area (Å²) in [4.78, 5) is 26.6. The number of aromatic nitrogens is 3. The molecule has 36 heteroatoms. The lowest BCUT2D eigenvalue weighted by Crippen LogP contribution is -2.45. The maximum atomic E-state index is 15.9. The van der Waals surface area contributed by atoms with Crippen LogP contribution < -0.4 is 43.5 Å². The minimum absolute atomic E-state index is 0. The van der Waals surface area contributed by atoms with Crippen molar-refractivity contribution in [1.29, 1.82) is 0 Å². The van der Waals surface area contributed by atoms with Crippen molar-refractivity contribution in [2.24, 2.45) is 0 Å². The lowest BCUT2D eigenvalue weighted by atomic mass is 9.84. The Kier molecular flexibility index (Phi) is 34.2. The Labute approximate surface area is 708 Å². The monoisotopic (exact) mass is 1800 g/mol. The van der Waals surface area contributed by atoms with Crippen molar-refractivity contribution in [3.05, 3.63) is 157 Å². The van der Waals surface area contributed by atoms with Crippen LogP contribution in [-0.4, -0.2) is 191 Å². The average molecular weight is 1800 g/mol. The zero-order valence-corrected chi connectivity index (χ0v) is 73.4. The van der Waals surface area contributed by atoms with Crippen LogP contribution in [0.3, 0.4) is 0 Å². The van der Waals surface area contributed by atoms with E-state index >= 15 is 13.2 Å². The Balaban J connectivity index is 0.000000191. The molecule has 5 aromatic carbocycles. The molecular formula is C81H110BBrF3N11O14S6. The molecule has 117 heavy (non-hydrogen) atoms. The maximum Gasteiger partial charge on any atom is 0.454 e. The topological polar surface area (TPSA) is 308 Å². The molecular weight excluding hydrogens is 1690 g/mol. The lowest BCUT2D eigenvalue weighted by molar-refractivity contribution is -0.122. The van der Waals surface area contributed by atoms with E-state index in [1.807, 2.05) is 14.1 Å². The molecule has 6 aliphatic carbocycles. The van der Waals surface area contributed by atoms with E-state index in [-0.39, 0.29) is 82.7 Å². The molecule has 3 aromatic heterocycles. The van der Waals surface area contributed by atoms with Gasteiger partial charge < -0.3 is 64.8 Å². The summed E-state index contributed by atoms with van der Waals surface area (Å²) < 4.78 is 153. The molecule has 6 saturated carbocycles. The maximum absolute atomic E-state index is 15.9. The summed E-state index contributed by atoms with van der Waals surface area (Å²) in [5, 5.41) is 40.1. The summed E-state index contributed by atoms with van der Waals surface area (Å²) in [6, 6.07) is 20.4. The van der Waals surface area contributed by atoms with Crippen molar-refractivity contribution in [2.45, 2.75) is 210 Å². The molecule has 0 saturated heterocycles. The Bertz CT molecular complexity index is 4890. The van der Waals surface area contributed by atoms with Crippen molar-refractivity contribution in [3.63, 3.8) is 0 Å². The minimum Gasteiger partial charge on any atom is -0.497 e. The average Bonchev–Trinajstić information content (AvgIpc) is 1.75. The summed E-state index contributed by atoms with van der Waals surface area (Å²) in [6.45, 7) is -0.430. The van der Waals surface area contributed by atoms with Gasteiger partial charge in [0.05, 0.1) is 47.2 Å². The van der Waals surface area contributed by atoms with E-state index in [4.69, 9.17) is 38.9 Å². The van der Waals surface area contributed by atoms with Gasteiger partial charge in [-0.15, -0.1) is 34.0 Å². The fraction of sp³-hybridized carbons (Fsp3) is 0.506. The van der Waals surface area contributed by atoms with Gasteiger partial charge in [-0.1, -0.05) is 58.8 Å². The van der Waals surface area contributed by atoms with E-state index in [9.17, 15) is 25.3 Å². The van der Waals surface area contributed by atoms with Crippen LogP contribution in [-0.2, 0) is 53.5 Å².